The Kier molecular flexibility index (Phi) is 12.4. The monoisotopic (exact) mass is 470 g/mol. The number of rotatable bonds is 16. The number of hydrogen-bond donors (Lipinski definition) is 1. The molecule has 7 nitrogen and oxygen atoms in total. The Labute approximate surface area is 203 Å². The largest absolute Gasteiger partial charge is 0.494 e. The molecule has 1 unspecified atom stereocenters. The Morgan fingerprint density at radius 1 is 0.853 bits per heavy atom. The highest BCUT2D eigenvalue weighted by Gasteiger charge is 2.14. The van der Waals surface area contributed by atoms with Gasteiger partial charge in [0.2, 0.25) is 0 Å². The van der Waals surface area contributed by atoms with Crippen molar-refractivity contribution in [1.82, 2.24) is 5.43 Å². The van der Waals surface area contributed by atoms with Crippen LogP contribution in [0, 0.1) is 0 Å². The number of nitrogens with zero attached hydrogens (tertiary/aromatic N) is 1. The van der Waals surface area contributed by atoms with Gasteiger partial charge in [0.25, 0.3) is 5.91 Å². The number of amides is 1. The molecule has 1 amide bonds. The summed E-state index contributed by atoms with van der Waals surface area (Å²) < 4.78 is 22.9. The van der Waals surface area contributed by atoms with E-state index in [1.807, 2.05) is 37.3 Å². The second-order valence-electron chi connectivity index (χ2n) is 7.92. The van der Waals surface area contributed by atoms with Crippen LogP contribution in [-0.2, 0) is 4.79 Å². The number of hydrogen-bond acceptors (Lipinski definition) is 6. The van der Waals surface area contributed by atoms with Crippen molar-refractivity contribution >= 4 is 12.1 Å². The molecule has 0 saturated carbocycles. The second kappa shape index (κ2) is 15.6. The first-order valence-electron chi connectivity index (χ1n) is 12.2. The van der Waals surface area contributed by atoms with Crippen LogP contribution in [-0.4, -0.2) is 38.0 Å². The van der Waals surface area contributed by atoms with E-state index < -0.39 is 6.10 Å². The van der Waals surface area contributed by atoms with E-state index in [2.05, 4.69) is 24.4 Å². The summed E-state index contributed by atoms with van der Waals surface area (Å²) in [6.45, 7) is 9.86. The van der Waals surface area contributed by atoms with Crippen LogP contribution in [0.15, 0.2) is 47.6 Å². The van der Waals surface area contributed by atoms with Gasteiger partial charge >= 0.3 is 0 Å². The molecule has 0 aliphatic heterocycles. The molecule has 34 heavy (non-hydrogen) atoms. The lowest BCUT2D eigenvalue weighted by atomic mass is 10.2. The van der Waals surface area contributed by atoms with Crippen molar-refractivity contribution in [1.29, 1.82) is 0 Å². The number of ether oxygens (including phenoxy) is 4. The van der Waals surface area contributed by atoms with Crippen LogP contribution in [0.5, 0.6) is 23.0 Å². The molecule has 0 bridgehead atoms. The summed E-state index contributed by atoms with van der Waals surface area (Å²) in [7, 11) is 0. The van der Waals surface area contributed by atoms with Crippen LogP contribution in [0.1, 0.15) is 65.4 Å². The van der Waals surface area contributed by atoms with Crippen molar-refractivity contribution in [3.63, 3.8) is 0 Å². The average molecular weight is 471 g/mol. The predicted molar refractivity (Wildman–Crippen MR) is 135 cm³/mol. The maximum Gasteiger partial charge on any atom is 0.280 e. The molecule has 0 aliphatic rings. The summed E-state index contributed by atoms with van der Waals surface area (Å²) in [4.78, 5) is 12.4. The van der Waals surface area contributed by atoms with Crippen molar-refractivity contribution in [2.75, 3.05) is 19.8 Å². The first-order valence-corrected chi connectivity index (χ1v) is 12.2. The van der Waals surface area contributed by atoms with Crippen LogP contribution < -0.4 is 24.4 Å². The molecular formula is C27H38N2O5. The van der Waals surface area contributed by atoms with Gasteiger partial charge in [-0.25, -0.2) is 5.43 Å². The number of nitrogens with one attached hydrogen (secondary N) is 1. The molecule has 2 aromatic rings. The van der Waals surface area contributed by atoms with Gasteiger partial charge < -0.3 is 18.9 Å². The highest BCUT2D eigenvalue weighted by molar-refractivity contribution is 5.86. The van der Waals surface area contributed by atoms with E-state index in [0.717, 1.165) is 49.2 Å². The Morgan fingerprint density at radius 2 is 1.50 bits per heavy atom. The zero-order valence-corrected chi connectivity index (χ0v) is 20.8. The predicted octanol–water partition coefficient (Wildman–Crippen LogP) is 5.75. The first kappa shape index (κ1) is 27.0. The molecule has 0 aliphatic carbocycles. The van der Waals surface area contributed by atoms with Crippen molar-refractivity contribution in [2.24, 2.45) is 5.10 Å². The van der Waals surface area contributed by atoms with Gasteiger partial charge in [-0.1, -0.05) is 33.6 Å². The van der Waals surface area contributed by atoms with Crippen molar-refractivity contribution < 1.29 is 23.7 Å². The number of carbonyl (C=O) groups is 1. The molecule has 0 fully saturated rings. The van der Waals surface area contributed by atoms with Crippen LogP contribution in [0.2, 0.25) is 0 Å². The van der Waals surface area contributed by atoms with Gasteiger partial charge in [-0.2, -0.15) is 5.10 Å². The van der Waals surface area contributed by atoms with Gasteiger partial charge in [0.15, 0.2) is 6.10 Å². The fourth-order valence-electron chi connectivity index (χ4n) is 2.94. The molecule has 7 heteroatoms. The van der Waals surface area contributed by atoms with Gasteiger partial charge in [-0.3, -0.25) is 4.79 Å². The Morgan fingerprint density at radius 3 is 2.21 bits per heavy atom. The molecule has 0 heterocycles. The first-order chi connectivity index (χ1) is 16.6. The molecule has 186 valence electrons. The summed E-state index contributed by atoms with van der Waals surface area (Å²) >= 11 is 0. The summed E-state index contributed by atoms with van der Waals surface area (Å²) in [6, 6.07) is 12.8. The van der Waals surface area contributed by atoms with E-state index in [-0.39, 0.29) is 5.91 Å². The van der Waals surface area contributed by atoms with Gasteiger partial charge in [0, 0.05) is 11.6 Å². The molecule has 0 spiro atoms. The Bertz CT molecular complexity index is 883. The van der Waals surface area contributed by atoms with Crippen molar-refractivity contribution in [3.8, 4) is 23.0 Å². The van der Waals surface area contributed by atoms with E-state index in [1.54, 1.807) is 25.3 Å². The normalized spacial score (nSPS) is 11.8. The summed E-state index contributed by atoms with van der Waals surface area (Å²) in [5.41, 5.74) is 3.28. The fraction of sp³-hybridized carbons (Fsp3) is 0.481. The number of carbonyl (C=O) groups excluding carboxylic acids is 1. The SMILES string of the molecule is CCCCCOc1ccc(OC(C)C(=O)N/N=C/c2ccc(OCCC)cc2OCCC)cc1. The van der Waals surface area contributed by atoms with E-state index in [0.29, 0.717) is 31.3 Å². The minimum atomic E-state index is -0.714. The number of benzene rings is 2. The minimum absolute atomic E-state index is 0.352. The fourth-order valence-corrected chi connectivity index (χ4v) is 2.94. The van der Waals surface area contributed by atoms with Gasteiger partial charge in [-0.05, 0) is 62.6 Å². The average Bonchev–Trinajstić information content (AvgIpc) is 2.85. The Hall–Kier alpha value is -3.22. The third-order valence-electron chi connectivity index (χ3n) is 4.82. The zero-order chi connectivity index (χ0) is 24.6. The highest BCUT2D eigenvalue weighted by Crippen LogP contribution is 2.24. The van der Waals surface area contributed by atoms with E-state index in [4.69, 9.17) is 18.9 Å². The van der Waals surface area contributed by atoms with E-state index in [1.165, 1.54) is 0 Å². The third kappa shape index (κ3) is 9.73. The highest BCUT2D eigenvalue weighted by atomic mass is 16.5. The van der Waals surface area contributed by atoms with Crippen LogP contribution in [0.25, 0.3) is 0 Å². The maximum absolute atomic E-state index is 12.4. The standard InChI is InChI=1S/C27H38N2O5/c1-5-8-9-18-32-23-12-14-24(15-13-23)34-21(4)27(30)29-28-20-22-10-11-25(31-16-6-2)19-26(22)33-17-7-3/h10-15,19-21H,5-9,16-18H2,1-4H3,(H,29,30)/b28-20+. The topological polar surface area (TPSA) is 78.4 Å². The summed E-state index contributed by atoms with van der Waals surface area (Å²) in [6.07, 6.45) is 6.01. The summed E-state index contributed by atoms with van der Waals surface area (Å²) in [5, 5.41) is 4.08. The molecular weight excluding hydrogens is 432 g/mol. The van der Waals surface area contributed by atoms with E-state index in [9.17, 15) is 4.79 Å². The summed E-state index contributed by atoms with van der Waals surface area (Å²) in [5.74, 6) is 2.43. The van der Waals surface area contributed by atoms with Gasteiger partial charge in [0.05, 0.1) is 26.0 Å². The van der Waals surface area contributed by atoms with Crippen LogP contribution in [0.4, 0.5) is 0 Å². The minimum Gasteiger partial charge on any atom is -0.494 e. The molecule has 2 rings (SSSR count). The van der Waals surface area contributed by atoms with Crippen LogP contribution in [0.3, 0.4) is 0 Å². The molecule has 1 N–H and O–H groups in total. The number of unbranched alkanes of at least 4 members (excludes halogenated alkanes) is 2. The number of hydrazone groups is 1. The molecule has 0 saturated heterocycles. The lowest BCUT2D eigenvalue weighted by molar-refractivity contribution is -0.127. The quantitative estimate of drug-likeness (QED) is 0.192. The molecule has 0 radical (unpaired) electrons. The van der Waals surface area contributed by atoms with Crippen LogP contribution >= 0.6 is 0 Å². The van der Waals surface area contributed by atoms with Gasteiger partial charge in [-0.15, -0.1) is 0 Å². The van der Waals surface area contributed by atoms with Crippen molar-refractivity contribution in [3.05, 3.63) is 48.0 Å². The smallest absolute Gasteiger partial charge is 0.280 e. The Balaban J connectivity index is 1.88. The second-order valence-corrected chi connectivity index (χ2v) is 7.92. The molecule has 1 atom stereocenters. The lowest BCUT2D eigenvalue weighted by Crippen LogP contribution is -2.33. The van der Waals surface area contributed by atoms with Crippen molar-refractivity contribution in [2.45, 2.75) is 65.9 Å². The van der Waals surface area contributed by atoms with E-state index >= 15 is 0 Å². The van der Waals surface area contributed by atoms with Gasteiger partial charge in [0.1, 0.15) is 23.0 Å². The molecule has 2 aromatic carbocycles. The third-order valence-corrected chi connectivity index (χ3v) is 4.82. The zero-order valence-electron chi connectivity index (χ0n) is 20.8. The maximum atomic E-state index is 12.4. The molecule has 0 aromatic heterocycles. The lowest BCUT2D eigenvalue weighted by Gasteiger charge is -2.14.